The van der Waals surface area contributed by atoms with Gasteiger partial charge in [-0.25, -0.2) is 12.8 Å². The number of hydrogen-bond donors (Lipinski definition) is 0. The van der Waals surface area contributed by atoms with Gasteiger partial charge in [0, 0.05) is 10.7 Å². The van der Waals surface area contributed by atoms with E-state index in [0.717, 1.165) is 0 Å². The molecule has 1 unspecified atom stereocenters. The van der Waals surface area contributed by atoms with Gasteiger partial charge >= 0.3 is 0 Å². The van der Waals surface area contributed by atoms with Crippen LogP contribution in [0.2, 0.25) is 0 Å². The maximum absolute atomic E-state index is 13.3. The molecule has 1 atom stereocenters. The zero-order valence-corrected chi connectivity index (χ0v) is 12.5. The summed E-state index contributed by atoms with van der Waals surface area (Å²) >= 11 is 0. The number of benzene rings is 1. The molecule has 0 N–H and O–H groups in total. The molecule has 0 radical (unpaired) electrons. The van der Waals surface area contributed by atoms with Gasteiger partial charge in [0.25, 0.3) is 0 Å². The van der Waals surface area contributed by atoms with E-state index in [1.807, 2.05) is 6.92 Å². The Labute approximate surface area is 122 Å². The molecule has 4 nitrogen and oxygen atoms in total. The van der Waals surface area contributed by atoms with Gasteiger partial charge in [0.05, 0.1) is 12.4 Å². The predicted molar refractivity (Wildman–Crippen MR) is 74.6 cm³/mol. The van der Waals surface area contributed by atoms with E-state index in [-0.39, 0.29) is 29.6 Å². The number of nitrogens with zero attached hydrogens (tertiary/aromatic N) is 1. The molecule has 0 bridgehead atoms. The summed E-state index contributed by atoms with van der Waals surface area (Å²) in [5, 5.41) is 8.83. The van der Waals surface area contributed by atoms with Gasteiger partial charge in [0.2, 0.25) is 9.05 Å². The third-order valence-corrected chi connectivity index (χ3v) is 4.00. The van der Waals surface area contributed by atoms with Crippen molar-refractivity contribution in [2.45, 2.75) is 19.8 Å². The molecule has 20 heavy (non-hydrogen) atoms. The van der Waals surface area contributed by atoms with E-state index in [1.54, 1.807) is 6.07 Å². The summed E-state index contributed by atoms with van der Waals surface area (Å²) in [6.45, 7) is 2.16. The zero-order chi connectivity index (χ0) is 15.2. The van der Waals surface area contributed by atoms with E-state index in [1.165, 1.54) is 18.2 Å². The first-order chi connectivity index (χ1) is 9.33. The molecule has 7 heteroatoms. The fourth-order valence-electron chi connectivity index (χ4n) is 1.59. The molecule has 1 aromatic carbocycles. The Morgan fingerprint density at radius 2 is 2.15 bits per heavy atom. The van der Waals surface area contributed by atoms with Gasteiger partial charge < -0.3 is 4.74 Å². The number of nitriles is 1. The summed E-state index contributed by atoms with van der Waals surface area (Å²) in [5.41, 5.74) is -0.122. The van der Waals surface area contributed by atoms with Crippen molar-refractivity contribution < 1.29 is 17.5 Å². The van der Waals surface area contributed by atoms with Crippen LogP contribution in [0.3, 0.4) is 0 Å². The minimum Gasteiger partial charge on any atom is -0.492 e. The van der Waals surface area contributed by atoms with Crippen LogP contribution >= 0.6 is 10.7 Å². The van der Waals surface area contributed by atoms with Crippen LogP contribution in [0.5, 0.6) is 5.75 Å². The van der Waals surface area contributed by atoms with E-state index in [2.05, 4.69) is 0 Å². The monoisotopic (exact) mass is 319 g/mol. The second-order valence-corrected chi connectivity index (χ2v) is 7.40. The minimum atomic E-state index is -3.47. The first-order valence-corrected chi connectivity index (χ1v) is 8.55. The van der Waals surface area contributed by atoms with Gasteiger partial charge in [-0.05, 0) is 30.9 Å². The lowest BCUT2D eigenvalue weighted by Crippen LogP contribution is -2.09. The van der Waals surface area contributed by atoms with Crippen LogP contribution in [-0.4, -0.2) is 20.8 Å². The molecule has 0 saturated heterocycles. The van der Waals surface area contributed by atoms with Crippen molar-refractivity contribution in [1.82, 2.24) is 0 Å². The lowest BCUT2D eigenvalue weighted by atomic mass is 10.1. The number of rotatable bonds is 7. The van der Waals surface area contributed by atoms with Crippen LogP contribution in [0.15, 0.2) is 18.2 Å². The normalized spacial score (nSPS) is 12.7. The Hall–Kier alpha value is -1.32. The fraction of sp³-hybridized carbons (Fsp3) is 0.462. The van der Waals surface area contributed by atoms with Crippen molar-refractivity contribution in [3.63, 3.8) is 0 Å². The highest BCUT2D eigenvalue weighted by atomic mass is 35.7. The molecule has 110 valence electrons. The van der Waals surface area contributed by atoms with Gasteiger partial charge in [-0.2, -0.15) is 5.26 Å². The largest absolute Gasteiger partial charge is 0.492 e. The van der Waals surface area contributed by atoms with Crippen molar-refractivity contribution in [2.75, 3.05) is 12.4 Å². The van der Waals surface area contributed by atoms with Crippen molar-refractivity contribution in [1.29, 1.82) is 5.26 Å². The van der Waals surface area contributed by atoms with Crippen molar-refractivity contribution in [3.8, 4) is 11.8 Å². The van der Waals surface area contributed by atoms with Crippen molar-refractivity contribution >= 4 is 19.7 Å². The highest BCUT2D eigenvalue weighted by Crippen LogP contribution is 2.21. The number of ether oxygens (including phenoxy) is 1. The third-order valence-electron chi connectivity index (χ3n) is 2.81. The average molecular weight is 320 g/mol. The molecule has 0 aliphatic heterocycles. The van der Waals surface area contributed by atoms with E-state index in [0.29, 0.717) is 12.8 Å². The van der Waals surface area contributed by atoms with Gasteiger partial charge in [-0.15, -0.1) is 0 Å². The molecule has 0 fully saturated rings. The molecule has 0 aromatic heterocycles. The number of halogens is 2. The summed E-state index contributed by atoms with van der Waals surface area (Å²) in [5.74, 6) is -0.405. The molecule has 0 heterocycles. The first kappa shape index (κ1) is 16.7. The molecule has 0 aliphatic carbocycles. The lowest BCUT2D eigenvalue weighted by molar-refractivity contribution is 0.280. The maximum atomic E-state index is 13.3. The van der Waals surface area contributed by atoms with E-state index >= 15 is 0 Å². The Bertz CT molecular complexity index is 598. The quantitative estimate of drug-likeness (QED) is 0.724. The Balaban J connectivity index is 2.45. The van der Waals surface area contributed by atoms with Gasteiger partial charge in [-0.3, -0.25) is 0 Å². The average Bonchev–Trinajstić information content (AvgIpc) is 2.36. The van der Waals surface area contributed by atoms with Crippen LogP contribution in [0.4, 0.5) is 4.39 Å². The number of hydrogen-bond acceptors (Lipinski definition) is 4. The Kier molecular flexibility index (Phi) is 6.24. The maximum Gasteiger partial charge on any atom is 0.232 e. The summed E-state index contributed by atoms with van der Waals surface area (Å²) in [7, 11) is 1.65. The summed E-state index contributed by atoms with van der Waals surface area (Å²) in [6, 6.07) is 5.93. The van der Waals surface area contributed by atoms with Crippen LogP contribution in [0.1, 0.15) is 25.3 Å². The molecule has 1 aromatic rings. The fourth-order valence-corrected chi connectivity index (χ4v) is 2.54. The standard InChI is InChI=1S/C13H15ClFNO3S/c1-10(6-8-20(14,17)18)5-7-19-13-4-2-3-12(15)11(13)9-16/h2-4,10H,5-8H2,1H3. The van der Waals surface area contributed by atoms with Crippen LogP contribution in [-0.2, 0) is 9.05 Å². The molecular formula is C13H15ClFNO3S. The second kappa shape index (κ2) is 7.46. The smallest absolute Gasteiger partial charge is 0.232 e. The van der Waals surface area contributed by atoms with Crippen LogP contribution < -0.4 is 4.74 Å². The van der Waals surface area contributed by atoms with E-state index in [9.17, 15) is 12.8 Å². The lowest BCUT2D eigenvalue weighted by Gasteiger charge is -2.12. The zero-order valence-electron chi connectivity index (χ0n) is 11.0. The van der Waals surface area contributed by atoms with E-state index < -0.39 is 14.9 Å². The Morgan fingerprint density at radius 3 is 2.75 bits per heavy atom. The molecule has 1 rings (SSSR count). The van der Waals surface area contributed by atoms with Crippen LogP contribution in [0.25, 0.3) is 0 Å². The predicted octanol–water partition coefficient (Wildman–Crippen LogP) is 3.06. The van der Waals surface area contributed by atoms with Gasteiger partial charge in [0.15, 0.2) is 0 Å². The SMILES string of the molecule is CC(CCOc1cccc(F)c1C#N)CCS(=O)(=O)Cl. The van der Waals surface area contributed by atoms with Gasteiger partial charge in [-0.1, -0.05) is 13.0 Å². The molecule has 0 spiro atoms. The van der Waals surface area contributed by atoms with Crippen molar-refractivity contribution in [2.24, 2.45) is 5.92 Å². The van der Waals surface area contributed by atoms with Gasteiger partial charge in [0.1, 0.15) is 23.2 Å². The minimum absolute atomic E-state index is 0.0842. The Morgan fingerprint density at radius 1 is 1.45 bits per heavy atom. The second-order valence-electron chi connectivity index (χ2n) is 4.50. The topological polar surface area (TPSA) is 67.2 Å². The van der Waals surface area contributed by atoms with Crippen molar-refractivity contribution in [3.05, 3.63) is 29.6 Å². The first-order valence-electron chi connectivity index (χ1n) is 6.07. The summed E-state index contributed by atoms with van der Waals surface area (Å²) < 4.78 is 40.3. The summed E-state index contributed by atoms with van der Waals surface area (Å²) in [4.78, 5) is 0. The third kappa shape index (κ3) is 5.76. The molecule has 0 saturated carbocycles. The van der Waals surface area contributed by atoms with Crippen LogP contribution in [0, 0.1) is 23.1 Å². The summed E-state index contributed by atoms with van der Waals surface area (Å²) in [6.07, 6.45) is 1.03. The molecular weight excluding hydrogens is 305 g/mol. The highest BCUT2D eigenvalue weighted by molar-refractivity contribution is 8.13. The highest BCUT2D eigenvalue weighted by Gasteiger charge is 2.12. The molecule has 0 amide bonds. The molecule has 0 aliphatic rings. The van der Waals surface area contributed by atoms with E-state index in [4.69, 9.17) is 20.7 Å².